The number of rotatable bonds is 4. The molecule has 0 atom stereocenters. The van der Waals surface area contributed by atoms with Gasteiger partial charge in [-0.1, -0.05) is 0 Å². The van der Waals surface area contributed by atoms with Gasteiger partial charge in [0, 0.05) is 20.9 Å². The fourth-order valence-electron chi connectivity index (χ4n) is 1.47. The molecule has 0 aliphatic heterocycles. The second-order valence-electron chi connectivity index (χ2n) is 3.81. The average molecular weight is 402 g/mol. The molecule has 1 heterocycles. The monoisotopic (exact) mass is 402 g/mol. The zero-order valence-corrected chi connectivity index (χ0v) is 13.6. The van der Waals surface area contributed by atoms with Gasteiger partial charge in [-0.15, -0.1) is 11.8 Å². The summed E-state index contributed by atoms with van der Waals surface area (Å²) in [5.41, 5.74) is 0.231. The maximum atomic E-state index is 11.5. The van der Waals surface area contributed by atoms with E-state index < -0.39 is 0 Å². The molecule has 0 radical (unpaired) electrons. The third-order valence-corrected chi connectivity index (χ3v) is 4.04. The molecule has 0 aliphatic rings. The van der Waals surface area contributed by atoms with Gasteiger partial charge in [0.15, 0.2) is 0 Å². The molecule has 0 unspecified atom stereocenters. The Bertz CT molecular complexity index is 670. The molecule has 2 rings (SSSR count). The van der Waals surface area contributed by atoms with E-state index in [-0.39, 0.29) is 11.7 Å². The highest BCUT2D eigenvalue weighted by Crippen LogP contribution is 2.20. The SMILES string of the molecule is COC(=O)c1ccc(SCn2cc(I)cnc2=O)cc1. The molecule has 1 aromatic heterocycles. The van der Waals surface area contributed by atoms with Gasteiger partial charge in [-0.2, -0.15) is 0 Å². The number of nitrogens with zero attached hydrogens (tertiary/aromatic N) is 2. The van der Waals surface area contributed by atoms with E-state index in [9.17, 15) is 9.59 Å². The Morgan fingerprint density at radius 1 is 1.40 bits per heavy atom. The fourth-order valence-corrected chi connectivity index (χ4v) is 2.75. The summed E-state index contributed by atoms with van der Waals surface area (Å²) < 4.78 is 7.08. The standard InChI is InChI=1S/C13H11IN2O3S/c1-19-12(17)9-2-4-11(5-3-9)20-8-16-7-10(14)6-15-13(16)18/h2-7H,8H2,1H3. The predicted octanol–water partition coefficient (Wildman–Crippen LogP) is 2.38. The van der Waals surface area contributed by atoms with Crippen LogP contribution in [0.1, 0.15) is 10.4 Å². The zero-order chi connectivity index (χ0) is 14.5. The Labute approximate surface area is 133 Å². The van der Waals surface area contributed by atoms with Crippen molar-refractivity contribution in [2.75, 3.05) is 7.11 Å². The van der Waals surface area contributed by atoms with Crippen LogP contribution in [0.25, 0.3) is 0 Å². The molecule has 0 aliphatic carbocycles. The highest BCUT2D eigenvalue weighted by atomic mass is 127. The minimum atomic E-state index is -0.361. The van der Waals surface area contributed by atoms with Crippen molar-refractivity contribution in [3.05, 3.63) is 56.3 Å². The van der Waals surface area contributed by atoms with Crippen LogP contribution in [0.4, 0.5) is 0 Å². The summed E-state index contributed by atoms with van der Waals surface area (Å²) in [7, 11) is 1.35. The molecule has 0 saturated heterocycles. The van der Waals surface area contributed by atoms with Crippen molar-refractivity contribution in [1.29, 1.82) is 0 Å². The molecule has 104 valence electrons. The first-order valence-electron chi connectivity index (χ1n) is 5.63. The van der Waals surface area contributed by atoms with E-state index in [0.717, 1.165) is 8.47 Å². The number of carbonyl (C=O) groups excluding carboxylic acids is 1. The number of thioether (sulfide) groups is 1. The molecular weight excluding hydrogens is 391 g/mol. The number of hydrogen-bond donors (Lipinski definition) is 0. The number of benzene rings is 1. The Hall–Kier alpha value is -1.35. The van der Waals surface area contributed by atoms with Crippen LogP contribution in [0.15, 0.2) is 46.3 Å². The van der Waals surface area contributed by atoms with Gasteiger partial charge < -0.3 is 4.74 Å². The number of aromatic nitrogens is 2. The van der Waals surface area contributed by atoms with Crippen molar-refractivity contribution < 1.29 is 9.53 Å². The molecule has 5 nitrogen and oxygen atoms in total. The first-order chi connectivity index (χ1) is 9.60. The van der Waals surface area contributed by atoms with Crippen molar-refractivity contribution >= 4 is 40.3 Å². The largest absolute Gasteiger partial charge is 0.465 e. The normalized spacial score (nSPS) is 10.3. The van der Waals surface area contributed by atoms with Gasteiger partial charge >= 0.3 is 11.7 Å². The van der Waals surface area contributed by atoms with E-state index in [1.807, 2.05) is 12.1 Å². The summed E-state index contributed by atoms with van der Waals surface area (Å²) in [5.74, 6) is 0.111. The topological polar surface area (TPSA) is 61.2 Å². The molecule has 0 amide bonds. The van der Waals surface area contributed by atoms with E-state index in [4.69, 9.17) is 0 Å². The van der Waals surface area contributed by atoms with Crippen LogP contribution in [0, 0.1) is 3.57 Å². The van der Waals surface area contributed by atoms with Gasteiger partial charge in [0.1, 0.15) is 0 Å². The first kappa shape index (κ1) is 15.0. The third kappa shape index (κ3) is 3.83. The summed E-state index contributed by atoms with van der Waals surface area (Å²) in [4.78, 5) is 27.6. The molecule has 7 heteroatoms. The lowest BCUT2D eigenvalue weighted by Gasteiger charge is -2.05. The number of hydrogen-bond acceptors (Lipinski definition) is 5. The summed E-state index contributed by atoms with van der Waals surface area (Å²) >= 11 is 3.60. The van der Waals surface area contributed by atoms with E-state index in [0.29, 0.717) is 11.4 Å². The fraction of sp³-hybridized carbons (Fsp3) is 0.154. The summed E-state index contributed by atoms with van der Waals surface area (Å²) in [6, 6.07) is 7.04. The maximum absolute atomic E-state index is 11.5. The van der Waals surface area contributed by atoms with E-state index in [1.54, 1.807) is 22.9 Å². The van der Waals surface area contributed by atoms with Crippen LogP contribution in [0.2, 0.25) is 0 Å². The second-order valence-corrected chi connectivity index (χ2v) is 6.08. The Balaban J connectivity index is 2.06. The molecule has 1 aromatic carbocycles. The van der Waals surface area contributed by atoms with Gasteiger partial charge in [-0.05, 0) is 46.9 Å². The minimum Gasteiger partial charge on any atom is -0.465 e. The highest BCUT2D eigenvalue weighted by Gasteiger charge is 2.05. The average Bonchev–Trinajstić information content (AvgIpc) is 2.48. The quantitative estimate of drug-likeness (QED) is 0.447. The lowest BCUT2D eigenvalue weighted by atomic mass is 10.2. The van der Waals surface area contributed by atoms with Crippen LogP contribution in [0.5, 0.6) is 0 Å². The van der Waals surface area contributed by atoms with Crippen molar-refractivity contribution in [2.45, 2.75) is 10.8 Å². The molecule has 0 saturated carbocycles. The molecular formula is C13H11IN2O3S. The van der Waals surface area contributed by atoms with Crippen molar-refractivity contribution in [3.63, 3.8) is 0 Å². The smallest absolute Gasteiger partial charge is 0.348 e. The van der Waals surface area contributed by atoms with Gasteiger partial charge in [0.2, 0.25) is 0 Å². The van der Waals surface area contributed by atoms with Crippen LogP contribution < -0.4 is 5.69 Å². The van der Waals surface area contributed by atoms with Gasteiger partial charge in [0.05, 0.1) is 18.6 Å². The Kier molecular flexibility index (Phi) is 5.18. The van der Waals surface area contributed by atoms with Crippen molar-refractivity contribution in [2.24, 2.45) is 0 Å². The molecule has 20 heavy (non-hydrogen) atoms. The Morgan fingerprint density at radius 2 is 2.10 bits per heavy atom. The zero-order valence-electron chi connectivity index (χ0n) is 10.6. The maximum Gasteiger partial charge on any atom is 0.348 e. The number of halogens is 1. The van der Waals surface area contributed by atoms with Crippen molar-refractivity contribution in [1.82, 2.24) is 9.55 Å². The lowest BCUT2D eigenvalue weighted by Crippen LogP contribution is -2.21. The number of ether oxygens (including phenoxy) is 1. The molecule has 0 N–H and O–H groups in total. The van der Waals surface area contributed by atoms with Crippen LogP contribution >= 0.6 is 34.4 Å². The van der Waals surface area contributed by atoms with Crippen LogP contribution in [-0.4, -0.2) is 22.6 Å². The molecule has 0 bridgehead atoms. The van der Waals surface area contributed by atoms with E-state index in [2.05, 4.69) is 32.3 Å². The van der Waals surface area contributed by atoms with Gasteiger partial charge in [0.25, 0.3) is 0 Å². The highest BCUT2D eigenvalue weighted by molar-refractivity contribution is 14.1. The lowest BCUT2D eigenvalue weighted by molar-refractivity contribution is 0.0600. The molecule has 2 aromatic rings. The van der Waals surface area contributed by atoms with Crippen molar-refractivity contribution in [3.8, 4) is 0 Å². The van der Waals surface area contributed by atoms with E-state index >= 15 is 0 Å². The summed E-state index contributed by atoms with van der Waals surface area (Å²) in [6.07, 6.45) is 3.29. The minimum absolute atomic E-state index is 0.274. The van der Waals surface area contributed by atoms with Gasteiger partial charge in [-0.3, -0.25) is 4.57 Å². The second kappa shape index (κ2) is 6.89. The number of methoxy groups -OCH3 is 1. The van der Waals surface area contributed by atoms with Gasteiger partial charge in [-0.25, -0.2) is 14.6 Å². The first-order valence-corrected chi connectivity index (χ1v) is 7.70. The number of carbonyl (C=O) groups is 1. The van der Waals surface area contributed by atoms with Crippen LogP contribution in [-0.2, 0) is 10.6 Å². The van der Waals surface area contributed by atoms with Crippen LogP contribution in [0.3, 0.4) is 0 Å². The summed E-state index contributed by atoms with van der Waals surface area (Å²) in [6.45, 7) is 0. The summed E-state index contributed by atoms with van der Waals surface area (Å²) in [5, 5.41) is 0. The Morgan fingerprint density at radius 3 is 2.75 bits per heavy atom. The molecule has 0 spiro atoms. The third-order valence-electron chi connectivity index (χ3n) is 2.47. The predicted molar refractivity (Wildman–Crippen MR) is 84.9 cm³/mol. The van der Waals surface area contributed by atoms with E-state index in [1.165, 1.54) is 25.1 Å². The molecule has 0 fully saturated rings. The number of esters is 1.